The van der Waals surface area contributed by atoms with Gasteiger partial charge in [0.25, 0.3) is 0 Å². The van der Waals surface area contributed by atoms with Gasteiger partial charge in [-0.25, -0.2) is 4.79 Å². The topological polar surface area (TPSA) is 91.0 Å². The smallest absolute Gasteiger partial charge is 0.410 e. The van der Waals surface area contributed by atoms with E-state index in [-0.39, 0.29) is 30.4 Å². The summed E-state index contributed by atoms with van der Waals surface area (Å²) >= 11 is 0. The molecule has 0 radical (unpaired) electrons. The number of hydrogen-bond donors (Lipinski definition) is 2. The molecule has 1 aliphatic heterocycles. The molecule has 0 aliphatic carbocycles. The third-order valence-electron chi connectivity index (χ3n) is 7.64. The zero-order chi connectivity index (χ0) is 29.3. The van der Waals surface area contributed by atoms with E-state index in [4.69, 9.17) is 4.74 Å². The Hall–Kier alpha value is -3.39. The number of likely N-dealkylation sites (N-methyl/N-ethyl adjacent to an activating group) is 1. The fourth-order valence-corrected chi connectivity index (χ4v) is 5.03. The highest BCUT2D eigenvalue weighted by molar-refractivity contribution is 5.90. The summed E-state index contributed by atoms with van der Waals surface area (Å²) < 4.78 is 5.75. The lowest BCUT2D eigenvalue weighted by Gasteiger charge is -2.37. The Balaban J connectivity index is 1.78. The van der Waals surface area contributed by atoms with Crippen molar-refractivity contribution in [2.45, 2.75) is 78.1 Å². The monoisotopic (exact) mass is 550 g/mol. The Morgan fingerprint density at radius 1 is 1.02 bits per heavy atom. The summed E-state index contributed by atoms with van der Waals surface area (Å²) in [6.45, 7) is 11.4. The highest BCUT2D eigenvalue weighted by Gasteiger charge is 2.41. The molecule has 4 atom stereocenters. The first-order valence-corrected chi connectivity index (χ1v) is 14.3. The standard InChI is InChI=1S/C32H46N4O4/c1-23(26-16-11-8-12-17-26)20-35(31(39)40-22-25-14-9-7-10-15-25)21-27-18-13-19-36(27)30(38)28(32(3,4)5)34-29(37)24(2)33-6/h7-12,14-17,23-24,27-28,33H,13,18-22H2,1-6H3,(H,34,37)/t23-,24+,27+,28-/m1/s1. The van der Waals surface area contributed by atoms with Gasteiger partial charge in [-0.3, -0.25) is 9.59 Å². The number of benzene rings is 2. The highest BCUT2D eigenvalue weighted by Crippen LogP contribution is 2.27. The Morgan fingerprint density at radius 2 is 1.65 bits per heavy atom. The van der Waals surface area contributed by atoms with Crippen LogP contribution in [0.2, 0.25) is 0 Å². The van der Waals surface area contributed by atoms with Crippen molar-refractivity contribution in [2.75, 3.05) is 26.7 Å². The second kappa shape index (κ2) is 14.3. The molecule has 218 valence electrons. The second-order valence-corrected chi connectivity index (χ2v) is 11.9. The molecule has 2 aromatic rings. The minimum absolute atomic E-state index is 0.0840. The van der Waals surface area contributed by atoms with Crippen molar-refractivity contribution >= 4 is 17.9 Å². The summed E-state index contributed by atoms with van der Waals surface area (Å²) in [5.41, 5.74) is 1.57. The van der Waals surface area contributed by atoms with E-state index in [2.05, 4.69) is 29.7 Å². The van der Waals surface area contributed by atoms with Crippen LogP contribution in [0.3, 0.4) is 0 Å². The van der Waals surface area contributed by atoms with E-state index in [1.807, 2.05) is 74.2 Å². The van der Waals surface area contributed by atoms with Crippen LogP contribution in [-0.2, 0) is 20.9 Å². The molecule has 8 heteroatoms. The number of amides is 3. The van der Waals surface area contributed by atoms with Crippen molar-refractivity contribution in [1.29, 1.82) is 0 Å². The minimum Gasteiger partial charge on any atom is -0.445 e. The van der Waals surface area contributed by atoms with Gasteiger partial charge in [0.15, 0.2) is 0 Å². The van der Waals surface area contributed by atoms with Crippen LogP contribution >= 0.6 is 0 Å². The number of carbonyl (C=O) groups excluding carboxylic acids is 3. The lowest BCUT2D eigenvalue weighted by Crippen LogP contribution is -2.59. The van der Waals surface area contributed by atoms with Gasteiger partial charge in [-0.05, 0) is 49.3 Å². The van der Waals surface area contributed by atoms with Gasteiger partial charge in [0, 0.05) is 25.7 Å². The molecule has 1 fully saturated rings. The summed E-state index contributed by atoms with van der Waals surface area (Å²) in [4.78, 5) is 43.7. The zero-order valence-corrected chi connectivity index (χ0v) is 24.9. The van der Waals surface area contributed by atoms with Crippen molar-refractivity contribution in [3.8, 4) is 0 Å². The molecule has 0 bridgehead atoms. The van der Waals surface area contributed by atoms with Crippen molar-refractivity contribution < 1.29 is 19.1 Å². The van der Waals surface area contributed by atoms with Gasteiger partial charge < -0.3 is 25.2 Å². The largest absolute Gasteiger partial charge is 0.445 e. The minimum atomic E-state index is -0.682. The number of nitrogens with one attached hydrogen (secondary N) is 2. The Morgan fingerprint density at radius 3 is 2.25 bits per heavy atom. The Labute approximate surface area is 239 Å². The van der Waals surface area contributed by atoms with Crippen LogP contribution in [-0.4, -0.2) is 72.5 Å². The van der Waals surface area contributed by atoms with Gasteiger partial charge >= 0.3 is 6.09 Å². The van der Waals surface area contributed by atoms with E-state index in [9.17, 15) is 14.4 Å². The number of likely N-dealkylation sites (tertiary alicyclic amines) is 1. The summed E-state index contributed by atoms with van der Waals surface area (Å²) in [5, 5.41) is 5.91. The lowest BCUT2D eigenvalue weighted by atomic mass is 9.85. The van der Waals surface area contributed by atoms with Crippen LogP contribution in [0.1, 0.15) is 64.5 Å². The number of rotatable bonds is 11. The average Bonchev–Trinajstić information content (AvgIpc) is 3.41. The fraction of sp³-hybridized carbons (Fsp3) is 0.531. The Bertz CT molecular complexity index is 1100. The lowest BCUT2D eigenvalue weighted by molar-refractivity contribution is -0.140. The molecule has 0 unspecified atom stereocenters. The molecule has 2 aromatic carbocycles. The summed E-state index contributed by atoms with van der Waals surface area (Å²) in [5.74, 6) is -0.240. The third-order valence-corrected chi connectivity index (χ3v) is 7.64. The molecule has 3 amide bonds. The fourth-order valence-electron chi connectivity index (χ4n) is 5.03. The highest BCUT2D eigenvalue weighted by atomic mass is 16.6. The molecule has 0 aromatic heterocycles. The van der Waals surface area contributed by atoms with Crippen LogP contribution in [0.4, 0.5) is 4.79 Å². The number of nitrogens with zero attached hydrogens (tertiary/aromatic N) is 2. The van der Waals surface area contributed by atoms with E-state index < -0.39 is 23.6 Å². The van der Waals surface area contributed by atoms with Gasteiger partial charge in [-0.2, -0.15) is 0 Å². The molecule has 0 spiro atoms. The second-order valence-electron chi connectivity index (χ2n) is 11.9. The van der Waals surface area contributed by atoms with E-state index in [0.29, 0.717) is 19.6 Å². The SMILES string of the molecule is CN[C@@H](C)C(=O)N[C@H](C(=O)N1CCC[C@H]1CN(C[C@@H](C)c1ccccc1)C(=O)OCc1ccccc1)C(C)(C)C. The van der Waals surface area contributed by atoms with Crippen LogP contribution in [0, 0.1) is 5.41 Å². The number of hydrogen-bond acceptors (Lipinski definition) is 5. The molecule has 1 aliphatic rings. The molecule has 2 N–H and O–H groups in total. The maximum atomic E-state index is 13.9. The molecule has 1 heterocycles. The van der Waals surface area contributed by atoms with Crippen LogP contribution in [0.5, 0.6) is 0 Å². The molecular weight excluding hydrogens is 504 g/mol. The molecular formula is C32H46N4O4. The maximum absolute atomic E-state index is 13.9. The predicted octanol–water partition coefficient (Wildman–Crippen LogP) is 4.56. The maximum Gasteiger partial charge on any atom is 0.410 e. The number of carbonyl (C=O) groups is 3. The molecule has 40 heavy (non-hydrogen) atoms. The van der Waals surface area contributed by atoms with Gasteiger partial charge in [-0.1, -0.05) is 88.4 Å². The van der Waals surface area contributed by atoms with E-state index in [1.54, 1.807) is 18.9 Å². The number of ether oxygens (including phenoxy) is 1. The van der Waals surface area contributed by atoms with E-state index in [1.165, 1.54) is 0 Å². The average molecular weight is 551 g/mol. The summed E-state index contributed by atoms with van der Waals surface area (Å²) in [6.07, 6.45) is 1.23. The van der Waals surface area contributed by atoms with Gasteiger partial charge in [0.1, 0.15) is 12.6 Å². The first-order chi connectivity index (χ1) is 19.0. The van der Waals surface area contributed by atoms with Crippen molar-refractivity contribution in [3.05, 3.63) is 71.8 Å². The van der Waals surface area contributed by atoms with Crippen LogP contribution in [0.25, 0.3) is 0 Å². The van der Waals surface area contributed by atoms with Gasteiger partial charge in [0.2, 0.25) is 11.8 Å². The first-order valence-electron chi connectivity index (χ1n) is 14.3. The predicted molar refractivity (Wildman–Crippen MR) is 158 cm³/mol. The molecule has 8 nitrogen and oxygen atoms in total. The molecule has 3 rings (SSSR count). The summed E-state index contributed by atoms with van der Waals surface area (Å²) in [6, 6.07) is 18.5. The van der Waals surface area contributed by atoms with E-state index in [0.717, 1.165) is 24.0 Å². The van der Waals surface area contributed by atoms with Crippen molar-refractivity contribution in [2.24, 2.45) is 5.41 Å². The Kier molecular flexibility index (Phi) is 11.1. The normalized spacial score (nSPS) is 17.6. The zero-order valence-electron chi connectivity index (χ0n) is 24.9. The molecule has 1 saturated heterocycles. The van der Waals surface area contributed by atoms with E-state index >= 15 is 0 Å². The van der Waals surface area contributed by atoms with Crippen LogP contribution in [0.15, 0.2) is 60.7 Å². The first kappa shape index (κ1) is 31.1. The van der Waals surface area contributed by atoms with Crippen LogP contribution < -0.4 is 10.6 Å². The quantitative estimate of drug-likeness (QED) is 0.428. The van der Waals surface area contributed by atoms with Crippen molar-refractivity contribution in [3.63, 3.8) is 0 Å². The third kappa shape index (κ3) is 8.55. The van der Waals surface area contributed by atoms with Gasteiger partial charge in [0.05, 0.1) is 6.04 Å². The summed E-state index contributed by atoms with van der Waals surface area (Å²) in [7, 11) is 1.72. The van der Waals surface area contributed by atoms with Gasteiger partial charge in [-0.15, -0.1) is 0 Å². The van der Waals surface area contributed by atoms with Crippen molar-refractivity contribution in [1.82, 2.24) is 20.4 Å². The molecule has 0 saturated carbocycles.